The van der Waals surface area contributed by atoms with Crippen molar-refractivity contribution in [3.05, 3.63) is 22.7 Å². The summed E-state index contributed by atoms with van der Waals surface area (Å²) in [7, 11) is 0. The predicted molar refractivity (Wildman–Crippen MR) is 67.5 cm³/mol. The average Bonchev–Trinajstić information content (AvgIpc) is 2.20. The first-order chi connectivity index (χ1) is 6.98. The van der Waals surface area contributed by atoms with E-state index in [4.69, 9.17) is 5.21 Å². The van der Waals surface area contributed by atoms with Crippen LogP contribution >= 0.6 is 15.9 Å². The molecule has 0 aliphatic rings. The lowest BCUT2D eigenvalue weighted by Gasteiger charge is -2.27. The van der Waals surface area contributed by atoms with Crippen molar-refractivity contribution < 1.29 is 5.21 Å². The molecule has 0 aliphatic carbocycles. The maximum Gasteiger partial charge on any atom is 0.0844 e. The van der Waals surface area contributed by atoms with Crippen LogP contribution in [0, 0.1) is 0 Å². The average molecular weight is 273 g/mol. The molecule has 3 N–H and O–H groups in total. The Hall–Kier alpha value is -0.740. The molecule has 0 amide bonds. The lowest BCUT2D eigenvalue weighted by molar-refractivity contribution is 0.389. The van der Waals surface area contributed by atoms with Gasteiger partial charge in [0.1, 0.15) is 0 Å². The van der Waals surface area contributed by atoms with E-state index in [1.807, 2.05) is 18.2 Å². The second-order valence-electron chi connectivity index (χ2n) is 4.16. The van der Waals surface area contributed by atoms with Gasteiger partial charge in [0.05, 0.1) is 11.4 Å². The van der Waals surface area contributed by atoms with E-state index in [1.165, 1.54) is 0 Å². The van der Waals surface area contributed by atoms with E-state index in [1.54, 1.807) is 0 Å². The van der Waals surface area contributed by atoms with Crippen LogP contribution in [0.15, 0.2) is 22.7 Å². The zero-order valence-electron chi connectivity index (χ0n) is 9.26. The highest BCUT2D eigenvalue weighted by atomic mass is 79.9. The first-order valence-corrected chi connectivity index (χ1v) is 5.75. The Morgan fingerprint density at radius 3 is 2.53 bits per heavy atom. The molecule has 0 saturated carbocycles. The monoisotopic (exact) mass is 272 g/mol. The van der Waals surface area contributed by atoms with E-state index < -0.39 is 0 Å². The summed E-state index contributed by atoms with van der Waals surface area (Å²) < 4.78 is 0.930. The van der Waals surface area contributed by atoms with E-state index >= 15 is 0 Å². The number of benzene rings is 1. The van der Waals surface area contributed by atoms with Gasteiger partial charge in [0.25, 0.3) is 0 Å². The van der Waals surface area contributed by atoms with Gasteiger partial charge in [0, 0.05) is 10.0 Å². The summed E-state index contributed by atoms with van der Waals surface area (Å²) in [5.41, 5.74) is 3.77. The molecule has 0 unspecified atom stereocenters. The molecule has 0 heterocycles. The molecule has 0 atom stereocenters. The Balaban J connectivity index is 2.94. The minimum Gasteiger partial charge on any atom is -0.378 e. The molecule has 1 aromatic carbocycles. The van der Waals surface area contributed by atoms with Crippen LogP contribution in [0.3, 0.4) is 0 Å². The molecule has 1 aromatic rings. The van der Waals surface area contributed by atoms with E-state index in [0.29, 0.717) is 5.69 Å². The van der Waals surface area contributed by atoms with Gasteiger partial charge in [-0.15, -0.1) is 0 Å². The SMILES string of the molecule is CCC(C)(C)Nc1ccc(Br)cc1NO. The maximum atomic E-state index is 9.00. The Bertz CT molecular complexity index is 339. The number of nitrogens with one attached hydrogen (secondary N) is 2. The van der Waals surface area contributed by atoms with Gasteiger partial charge in [-0.05, 0) is 38.5 Å². The zero-order chi connectivity index (χ0) is 11.5. The third-order valence-electron chi connectivity index (χ3n) is 2.46. The third-order valence-corrected chi connectivity index (χ3v) is 2.95. The van der Waals surface area contributed by atoms with Gasteiger partial charge in [0.15, 0.2) is 0 Å². The lowest BCUT2D eigenvalue weighted by Crippen LogP contribution is -2.29. The highest BCUT2D eigenvalue weighted by Gasteiger charge is 2.15. The third kappa shape index (κ3) is 3.39. The van der Waals surface area contributed by atoms with Crippen LogP contribution < -0.4 is 10.8 Å². The van der Waals surface area contributed by atoms with E-state index in [9.17, 15) is 0 Å². The summed E-state index contributed by atoms with van der Waals surface area (Å²) in [5, 5.41) is 12.4. The van der Waals surface area contributed by atoms with Gasteiger partial charge >= 0.3 is 0 Å². The molecule has 3 nitrogen and oxygen atoms in total. The Morgan fingerprint density at radius 2 is 2.00 bits per heavy atom. The summed E-state index contributed by atoms with van der Waals surface area (Å²) in [5.74, 6) is 0. The number of anilines is 2. The van der Waals surface area contributed by atoms with E-state index in [0.717, 1.165) is 16.6 Å². The van der Waals surface area contributed by atoms with Crippen molar-refractivity contribution in [3.63, 3.8) is 0 Å². The second kappa shape index (κ2) is 4.86. The Labute approximate surface area is 99.0 Å². The first-order valence-electron chi connectivity index (χ1n) is 4.96. The minimum absolute atomic E-state index is 0.0133. The summed E-state index contributed by atoms with van der Waals surface area (Å²) >= 11 is 3.35. The molecule has 0 saturated heterocycles. The van der Waals surface area contributed by atoms with Gasteiger partial charge in [-0.2, -0.15) is 0 Å². The molecule has 1 rings (SSSR count). The fourth-order valence-electron chi connectivity index (χ4n) is 1.17. The summed E-state index contributed by atoms with van der Waals surface area (Å²) in [6.07, 6.45) is 1.01. The van der Waals surface area contributed by atoms with Crippen LogP contribution in [0.4, 0.5) is 11.4 Å². The molecule has 15 heavy (non-hydrogen) atoms. The van der Waals surface area contributed by atoms with Crippen molar-refractivity contribution in [1.29, 1.82) is 0 Å². The topological polar surface area (TPSA) is 44.3 Å². The molecule has 84 valence electrons. The fourth-order valence-corrected chi connectivity index (χ4v) is 1.53. The number of hydrogen-bond donors (Lipinski definition) is 3. The fraction of sp³-hybridized carbons (Fsp3) is 0.455. The largest absolute Gasteiger partial charge is 0.378 e. The molecule has 0 fully saturated rings. The number of rotatable bonds is 4. The second-order valence-corrected chi connectivity index (χ2v) is 5.08. The zero-order valence-corrected chi connectivity index (χ0v) is 10.9. The lowest BCUT2D eigenvalue weighted by atomic mass is 10.0. The number of halogens is 1. The van der Waals surface area contributed by atoms with Crippen molar-refractivity contribution in [3.8, 4) is 0 Å². The van der Waals surface area contributed by atoms with E-state index in [2.05, 4.69) is 47.5 Å². The predicted octanol–water partition coefficient (Wildman–Crippen LogP) is 3.85. The maximum absolute atomic E-state index is 9.00. The molecule has 4 heteroatoms. The molecular formula is C11H17BrN2O. The van der Waals surface area contributed by atoms with Crippen LogP contribution in [0.2, 0.25) is 0 Å². The Kier molecular flexibility index (Phi) is 3.99. The van der Waals surface area contributed by atoms with Crippen LogP contribution in [0.5, 0.6) is 0 Å². The molecule has 0 radical (unpaired) electrons. The van der Waals surface area contributed by atoms with Crippen molar-refractivity contribution >= 4 is 27.3 Å². The normalized spacial score (nSPS) is 11.3. The van der Waals surface area contributed by atoms with Crippen molar-refractivity contribution in [2.75, 3.05) is 10.8 Å². The van der Waals surface area contributed by atoms with Gasteiger partial charge in [-0.25, -0.2) is 0 Å². The van der Waals surface area contributed by atoms with Gasteiger partial charge < -0.3 is 5.32 Å². The van der Waals surface area contributed by atoms with Crippen LogP contribution in [0.25, 0.3) is 0 Å². The summed E-state index contributed by atoms with van der Waals surface area (Å²) in [4.78, 5) is 0. The van der Waals surface area contributed by atoms with Gasteiger partial charge in [0.2, 0.25) is 0 Å². The van der Waals surface area contributed by atoms with Crippen LogP contribution in [-0.4, -0.2) is 10.7 Å². The van der Waals surface area contributed by atoms with Gasteiger partial charge in [-0.1, -0.05) is 22.9 Å². The first kappa shape index (κ1) is 12.3. The quantitative estimate of drug-likeness (QED) is 0.730. The number of hydrogen-bond acceptors (Lipinski definition) is 3. The summed E-state index contributed by atoms with van der Waals surface area (Å²) in [6, 6.07) is 5.70. The highest BCUT2D eigenvalue weighted by Crippen LogP contribution is 2.28. The minimum atomic E-state index is 0.0133. The Morgan fingerprint density at radius 1 is 1.33 bits per heavy atom. The van der Waals surface area contributed by atoms with Crippen molar-refractivity contribution in [1.82, 2.24) is 0 Å². The van der Waals surface area contributed by atoms with Crippen molar-refractivity contribution in [2.24, 2.45) is 0 Å². The van der Waals surface area contributed by atoms with Crippen LogP contribution in [-0.2, 0) is 0 Å². The van der Waals surface area contributed by atoms with Crippen molar-refractivity contribution in [2.45, 2.75) is 32.7 Å². The van der Waals surface area contributed by atoms with E-state index in [-0.39, 0.29) is 5.54 Å². The summed E-state index contributed by atoms with van der Waals surface area (Å²) in [6.45, 7) is 6.37. The standard InChI is InChI=1S/C11H17BrN2O/c1-4-11(2,3)13-9-6-5-8(12)7-10(9)14-15/h5-7,13-15H,4H2,1-3H3. The van der Waals surface area contributed by atoms with Crippen LogP contribution in [0.1, 0.15) is 27.2 Å². The molecule has 0 aliphatic heterocycles. The molecule has 0 spiro atoms. The smallest absolute Gasteiger partial charge is 0.0844 e. The molecule has 0 bridgehead atoms. The molecular weight excluding hydrogens is 256 g/mol. The molecule has 0 aromatic heterocycles. The highest BCUT2D eigenvalue weighted by molar-refractivity contribution is 9.10. The van der Waals surface area contributed by atoms with Gasteiger partial charge in [-0.3, -0.25) is 10.7 Å².